The van der Waals surface area contributed by atoms with Gasteiger partial charge in [-0.05, 0) is 17.7 Å². The van der Waals surface area contributed by atoms with Crippen LogP contribution in [0, 0.1) is 0 Å². The standard InChI is InChI=1S/C16H19N3O/c1-18-10-5-8-14(18)16(20)19-11-9-17-12-15(19)13-6-3-2-4-7-13/h2-8,10,15,17H,9,11-12H2,1H3. The highest BCUT2D eigenvalue weighted by Gasteiger charge is 2.29. The molecule has 1 aliphatic heterocycles. The molecule has 4 nitrogen and oxygen atoms in total. The largest absolute Gasteiger partial charge is 0.347 e. The van der Waals surface area contributed by atoms with Gasteiger partial charge in [0.2, 0.25) is 0 Å². The summed E-state index contributed by atoms with van der Waals surface area (Å²) < 4.78 is 1.88. The maximum atomic E-state index is 12.7. The molecule has 1 fully saturated rings. The highest BCUT2D eigenvalue weighted by Crippen LogP contribution is 2.23. The molecule has 0 radical (unpaired) electrons. The van der Waals surface area contributed by atoms with E-state index in [1.54, 1.807) is 0 Å². The molecule has 2 aromatic rings. The smallest absolute Gasteiger partial charge is 0.271 e. The zero-order valence-electron chi connectivity index (χ0n) is 11.6. The summed E-state index contributed by atoms with van der Waals surface area (Å²) in [7, 11) is 1.91. The van der Waals surface area contributed by atoms with Crippen molar-refractivity contribution in [2.24, 2.45) is 7.05 Å². The maximum Gasteiger partial charge on any atom is 0.271 e. The first-order valence-corrected chi connectivity index (χ1v) is 6.95. The number of hydrogen-bond acceptors (Lipinski definition) is 2. The highest BCUT2D eigenvalue weighted by molar-refractivity contribution is 5.93. The second-order valence-corrected chi connectivity index (χ2v) is 5.13. The van der Waals surface area contributed by atoms with Crippen LogP contribution in [0.4, 0.5) is 0 Å². The number of hydrogen-bond donors (Lipinski definition) is 1. The van der Waals surface area contributed by atoms with Crippen LogP contribution in [0.15, 0.2) is 48.7 Å². The van der Waals surface area contributed by atoms with Gasteiger partial charge in [0.1, 0.15) is 5.69 Å². The predicted molar refractivity (Wildman–Crippen MR) is 78.5 cm³/mol. The number of piperazine rings is 1. The minimum absolute atomic E-state index is 0.104. The third kappa shape index (κ3) is 2.34. The number of benzene rings is 1. The van der Waals surface area contributed by atoms with E-state index in [1.165, 1.54) is 5.56 Å². The fraction of sp³-hybridized carbons (Fsp3) is 0.312. The van der Waals surface area contributed by atoms with E-state index in [9.17, 15) is 4.79 Å². The minimum Gasteiger partial charge on any atom is -0.347 e. The normalized spacial score (nSPS) is 19.1. The molecule has 20 heavy (non-hydrogen) atoms. The molecule has 0 bridgehead atoms. The van der Waals surface area contributed by atoms with Crippen molar-refractivity contribution in [3.8, 4) is 0 Å². The SMILES string of the molecule is Cn1cccc1C(=O)N1CCNCC1c1ccccc1. The summed E-state index contributed by atoms with van der Waals surface area (Å²) >= 11 is 0. The second-order valence-electron chi connectivity index (χ2n) is 5.13. The molecule has 3 rings (SSSR count). The molecule has 1 atom stereocenters. The molecular weight excluding hydrogens is 250 g/mol. The van der Waals surface area contributed by atoms with Crippen LogP contribution in [0.3, 0.4) is 0 Å². The van der Waals surface area contributed by atoms with Crippen LogP contribution in [-0.4, -0.2) is 35.0 Å². The Kier molecular flexibility index (Phi) is 3.56. The zero-order valence-corrected chi connectivity index (χ0v) is 11.6. The van der Waals surface area contributed by atoms with Crippen molar-refractivity contribution in [3.05, 3.63) is 59.9 Å². The van der Waals surface area contributed by atoms with Crippen LogP contribution >= 0.6 is 0 Å². The van der Waals surface area contributed by atoms with E-state index >= 15 is 0 Å². The van der Waals surface area contributed by atoms with Gasteiger partial charge in [-0.15, -0.1) is 0 Å². The molecule has 1 N–H and O–H groups in total. The van der Waals surface area contributed by atoms with E-state index in [1.807, 2.05) is 53.0 Å². The minimum atomic E-state index is 0.104. The molecule has 1 unspecified atom stereocenters. The van der Waals surface area contributed by atoms with Crippen LogP contribution < -0.4 is 5.32 Å². The number of aryl methyl sites for hydroxylation is 1. The van der Waals surface area contributed by atoms with Crippen LogP contribution in [0.25, 0.3) is 0 Å². The lowest BCUT2D eigenvalue weighted by Crippen LogP contribution is -2.49. The van der Waals surface area contributed by atoms with Crippen LogP contribution in [0.1, 0.15) is 22.1 Å². The number of carbonyl (C=O) groups is 1. The molecule has 2 heterocycles. The summed E-state index contributed by atoms with van der Waals surface area (Å²) in [6, 6.07) is 14.1. The highest BCUT2D eigenvalue weighted by atomic mass is 16.2. The first-order valence-electron chi connectivity index (χ1n) is 6.95. The third-order valence-corrected chi connectivity index (χ3v) is 3.85. The van der Waals surface area contributed by atoms with E-state index in [4.69, 9.17) is 0 Å². The number of nitrogens with one attached hydrogen (secondary N) is 1. The van der Waals surface area contributed by atoms with Gasteiger partial charge >= 0.3 is 0 Å². The number of nitrogens with zero attached hydrogens (tertiary/aromatic N) is 2. The first-order chi connectivity index (χ1) is 9.77. The summed E-state index contributed by atoms with van der Waals surface area (Å²) in [6.45, 7) is 2.39. The molecule has 1 aromatic heterocycles. The van der Waals surface area contributed by atoms with Crippen molar-refractivity contribution < 1.29 is 4.79 Å². The number of aromatic nitrogens is 1. The number of carbonyl (C=O) groups excluding carboxylic acids is 1. The van der Waals surface area contributed by atoms with Crippen LogP contribution in [0.5, 0.6) is 0 Å². The van der Waals surface area contributed by atoms with Gasteiger partial charge in [-0.3, -0.25) is 4.79 Å². The Labute approximate surface area is 119 Å². The van der Waals surface area contributed by atoms with Gasteiger partial charge in [0.25, 0.3) is 5.91 Å². The third-order valence-electron chi connectivity index (χ3n) is 3.85. The number of amides is 1. The maximum absolute atomic E-state index is 12.7. The van der Waals surface area contributed by atoms with Gasteiger partial charge < -0.3 is 14.8 Å². The molecule has 1 aromatic carbocycles. The van der Waals surface area contributed by atoms with Gasteiger partial charge in [-0.1, -0.05) is 30.3 Å². The summed E-state index contributed by atoms with van der Waals surface area (Å²) in [5, 5.41) is 3.38. The van der Waals surface area contributed by atoms with Crippen LogP contribution in [0.2, 0.25) is 0 Å². The lowest BCUT2D eigenvalue weighted by atomic mass is 10.0. The van der Waals surface area contributed by atoms with E-state index < -0.39 is 0 Å². The lowest BCUT2D eigenvalue weighted by Gasteiger charge is -2.36. The molecular formula is C16H19N3O. The van der Waals surface area contributed by atoms with Crippen molar-refractivity contribution in [2.75, 3.05) is 19.6 Å². The first kappa shape index (κ1) is 12.9. The molecule has 1 amide bonds. The van der Waals surface area contributed by atoms with Gasteiger partial charge in [0.15, 0.2) is 0 Å². The summed E-state index contributed by atoms with van der Waals surface area (Å²) in [6.07, 6.45) is 1.91. The quantitative estimate of drug-likeness (QED) is 0.903. The molecule has 1 saturated heterocycles. The zero-order chi connectivity index (χ0) is 13.9. The van der Waals surface area contributed by atoms with E-state index in [0.717, 1.165) is 25.3 Å². The molecule has 4 heteroatoms. The Morgan fingerprint density at radius 1 is 1.20 bits per heavy atom. The number of rotatable bonds is 2. The van der Waals surface area contributed by atoms with Gasteiger partial charge in [-0.2, -0.15) is 0 Å². The molecule has 0 saturated carbocycles. The average Bonchev–Trinajstić information content (AvgIpc) is 2.93. The van der Waals surface area contributed by atoms with Gasteiger partial charge in [-0.25, -0.2) is 0 Å². The molecule has 104 valence electrons. The van der Waals surface area contributed by atoms with Crippen molar-refractivity contribution in [1.82, 2.24) is 14.8 Å². The van der Waals surface area contributed by atoms with Crippen molar-refractivity contribution in [3.63, 3.8) is 0 Å². The van der Waals surface area contributed by atoms with Crippen molar-refractivity contribution in [2.45, 2.75) is 6.04 Å². The monoisotopic (exact) mass is 269 g/mol. The van der Waals surface area contributed by atoms with Crippen LogP contribution in [-0.2, 0) is 7.05 Å². The van der Waals surface area contributed by atoms with E-state index in [-0.39, 0.29) is 11.9 Å². The fourth-order valence-electron chi connectivity index (χ4n) is 2.75. The molecule has 1 aliphatic rings. The van der Waals surface area contributed by atoms with Gasteiger partial charge in [0, 0.05) is 32.9 Å². The van der Waals surface area contributed by atoms with E-state index in [2.05, 4.69) is 17.4 Å². The summed E-state index contributed by atoms with van der Waals surface area (Å²) in [5.74, 6) is 0.104. The Bertz CT molecular complexity index is 591. The summed E-state index contributed by atoms with van der Waals surface area (Å²) in [4.78, 5) is 14.7. The predicted octanol–water partition coefficient (Wildman–Crippen LogP) is 1.81. The van der Waals surface area contributed by atoms with Gasteiger partial charge in [0.05, 0.1) is 6.04 Å². The Morgan fingerprint density at radius 3 is 2.70 bits per heavy atom. The lowest BCUT2D eigenvalue weighted by molar-refractivity contribution is 0.0624. The fourth-order valence-corrected chi connectivity index (χ4v) is 2.75. The average molecular weight is 269 g/mol. The van der Waals surface area contributed by atoms with E-state index in [0.29, 0.717) is 0 Å². The van der Waals surface area contributed by atoms with Crippen molar-refractivity contribution >= 4 is 5.91 Å². The molecule has 0 spiro atoms. The van der Waals surface area contributed by atoms with Crippen molar-refractivity contribution in [1.29, 1.82) is 0 Å². The Hall–Kier alpha value is -2.07. The molecule has 0 aliphatic carbocycles. The topological polar surface area (TPSA) is 37.3 Å². The summed E-state index contributed by atoms with van der Waals surface area (Å²) in [5.41, 5.74) is 1.93. The Balaban J connectivity index is 1.90. The second kappa shape index (κ2) is 5.51. The Morgan fingerprint density at radius 2 is 2.00 bits per heavy atom.